The Labute approximate surface area is 172 Å². The predicted molar refractivity (Wildman–Crippen MR) is 114 cm³/mol. The summed E-state index contributed by atoms with van der Waals surface area (Å²) < 4.78 is 8.52. The second-order valence-corrected chi connectivity index (χ2v) is 7.46. The minimum atomic E-state index is -0.106. The molecule has 0 atom stereocenters. The summed E-state index contributed by atoms with van der Waals surface area (Å²) in [4.78, 5) is 11.9. The zero-order chi connectivity index (χ0) is 19.1. The van der Waals surface area contributed by atoms with Crippen LogP contribution in [0.15, 0.2) is 60.8 Å². The summed E-state index contributed by atoms with van der Waals surface area (Å²) in [5, 5.41) is 7.47. The molecule has 2 aromatic carbocycles. The molecular weight excluding hydrogens is 453 g/mol. The largest absolute Gasteiger partial charge is 0.484 e. The maximum absolute atomic E-state index is 11.9. The van der Waals surface area contributed by atoms with E-state index >= 15 is 0 Å². The minimum Gasteiger partial charge on any atom is -0.484 e. The molecule has 140 valence electrons. The first-order valence-corrected chi connectivity index (χ1v) is 9.95. The van der Waals surface area contributed by atoms with Crippen LogP contribution in [-0.4, -0.2) is 28.8 Å². The molecule has 1 heterocycles. The number of aromatic nitrogens is 2. The average molecular weight is 475 g/mol. The van der Waals surface area contributed by atoms with Crippen molar-refractivity contribution in [2.45, 2.75) is 19.8 Å². The van der Waals surface area contributed by atoms with E-state index in [0.717, 1.165) is 27.8 Å². The van der Waals surface area contributed by atoms with Crippen LogP contribution in [-0.2, 0) is 11.2 Å². The molecule has 1 N–H and O–H groups in total. The van der Waals surface area contributed by atoms with E-state index in [1.54, 1.807) is 0 Å². The molecule has 1 aromatic heterocycles. The Kier molecular flexibility index (Phi) is 6.86. The van der Waals surface area contributed by atoms with Gasteiger partial charge >= 0.3 is 0 Å². The molecule has 0 bridgehead atoms. The molecule has 6 heteroatoms. The standard InChI is InChI=1S/C21H22IN3O2/c1-16-17(14-25(24-16)19-7-3-2-4-8-19)6-5-13-23-21(26)15-27-20-11-9-18(22)10-12-20/h2-4,7-12,14H,5-6,13,15H2,1H3,(H,23,26). The molecule has 0 saturated heterocycles. The Morgan fingerprint density at radius 1 is 1.15 bits per heavy atom. The Balaban J connectivity index is 1.40. The van der Waals surface area contributed by atoms with Crippen LogP contribution in [0.5, 0.6) is 5.75 Å². The van der Waals surface area contributed by atoms with Crippen molar-refractivity contribution < 1.29 is 9.53 Å². The molecular formula is C21H22IN3O2. The Morgan fingerprint density at radius 3 is 2.63 bits per heavy atom. The Hall–Kier alpha value is -2.35. The first-order valence-electron chi connectivity index (χ1n) is 8.87. The average Bonchev–Trinajstić information content (AvgIpc) is 3.06. The van der Waals surface area contributed by atoms with Crippen molar-refractivity contribution in [2.75, 3.05) is 13.2 Å². The van der Waals surface area contributed by atoms with Gasteiger partial charge in [0.15, 0.2) is 6.61 Å². The van der Waals surface area contributed by atoms with E-state index in [1.807, 2.05) is 66.2 Å². The van der Waals surface area contributed by atoms with Gasteiger partial charge in [0.1, 0.15) is 5.75 Å². The van der Waals surface area contributed by atoms with E-state index < -0.39 is 0 Å². The number of carbonyl (C=O) groups is 1. The molecule has 0 fully saturated rings. The third kappa shape index (κ3) is 5.82. The summed E-state index contributed by atoms with van der Waals surface area (Å²) in [5.41, 5.74) is 3.27. The van der Waals surface area contributed by atoms with Crippen LogP contribution < -0.4 is 10.1 Å². The summed E-state index contributed by atoms with van der Waals surface area (Å²) >= 11 is 2.23. The van der Waals surface area contributed by atoms with Crippen molar-refractivity contribution in [3.05, 3.63) is 75.6 Å². The van der Waals surface area contributed by atoms with Gasteiger partial charge in [-0.25, -0.2) is 4.68 Å². The quantitative estimate of drug-likeness (QED) is 0.397. The summed E-state index contributed by atoms with van der Waals surface area (Å²) in [5.74, 6) is 0.597. The number of aryl methyl sites for hydroxylation is 2. The van der Waals surface area contributed by atoms with Gasteiger partial charge in [-0.1, -0.05) is 18.2 Å². The third-order valence-electron chi connectivity index (χ3n) is 4.15. The van der Waals surface area contributed by atoms with Gasteiger partial charge in [0, 0.05) is 16.3 Å². The van der Waals surface area contributed by atoms with Crippen LogP contribution >= 0.6 is 22.6 Å². The van der Waals surface area contributed by atoms with Crippen LogP contribution in [0.1, 0.15) is 17.7 Å². The monoisotopic (exact) mass is 475 g/mol. The molecule has 0 saturated carbocycles. The van der Waals surface area contributed by atoms with Crippen LogP contribution in [0.2, 0.25) is 0 Å². The molecule has 3 aromatic rings. The van der Waals surface area contributed by atoms with Crippen molar-refractivity contribution in [3.8, 4) is 11.4 Å². The lowest BCUT2D eigenvalue weighted by atomic mass is 10.1. The molecule has 0 unspecified atom stereocenters. The number of amides is 1. The van der Waals surface area contributed by atoms with Crippen molar-refractivity contribution >= 4 is 28.5 Å². The number of hydrogen-bond donors (Lipinski definition) is 1. The molecule has 0 aliphatic rings. The second-order valence-electron chi connectivity index (χ2n) is 6.22. The molecule has 3 rings (SSSR count). The summed E-state index contributed by atoms with van der Waals surface area (Å²) in [7, 11) is 0. The Bertz CT molecular complexity index is 876. The maximum atomic E-state index is 11.9. The summed E-state index contributed by atoms with van der Waals surface area (Å²) in [6.07, 6.45) is 3.79. The van der Waals surface area contributed by atoms with Crippen molar-refractivity contribution in [1.82, 2.24) is 15.1 Å². The van der Waals surface area contributed by atoms with Gasteiger partial charge in [0.05, 0.1) is 11.4 Å². The second kappa shape index (κ2) is 9.55. The number of nitrogens with zero attached hydrogens (tertiary/aromatic N) is 2. The normalized spacial score (nSPS) is 10.6. The van der Waals surface area contributed by atoms with Gasteiger partial charge < -0.3 is 10.1 Å². The van der Waals surface area contributed by atoms with Crippen LogP contribution in [0.4, 0.5) is 0 Å². The van der Waals surface area contributed by atoms with E-state index in [0.29, 0.717) is 12.3 Å². The molecule has 1 amide bonds. The van der Waals surface area contributed by atoms with E-state index in [1.165, 1.54) is 5.56 Å². The highest BCUT2D eigenvalue weighted by atomic mass is 127. The molecule has 0 spiro atoms. The number of rotatable bonds is 8. The lowest BCUT2D eigenvalue weighted by molar-refractivity contribution is -0.123. The minimum absolute atomic E-state index is 0.0333. The topological polar surface area (TPSA) is 56.2 Å². The van der Waals surface area contributed by atoms with E-state index in [2.05, 4.69) is 39.2 Å². The van der Waals surface area contributed by atoms with Gasteiger partial charge in [0.2, 0.25) is 0 Å². The van der Waals surface area contributed by atoms with Crippen LogP contribution in [0.3, 0.4) is 0 Å². The highest BCUT2D eigenvalue weighted by Gasteiger charge is 2.07. The molecule has 5 nitrogen and oxygen atoms in total. The number of ether oxygens (including phenoxy) is 1. The fraction of sp³-hybridized carbons (Fsp3) is 0.238. The summed E-state index contributed by atoms with van der Waals surface area (Å²) in [6, 6.07) is 17.7. The smallest absolute Gasteiger partial charge is 0.257 e. The Morgan fingerprint density at radius 2 is 1.89 bits per heavy atom. The lowest BCUT2D eigenvalue weighted by Gasteiger charge is -2.07. The fourth-order valence-electron chi connectivity index (χ4n) is 2.69. The van der Waals surface area contributed by atoms with Crippen LogP contribution in [0.25, 0.3) is 5.69 Å². The van der Waals surface area contributed by atoms with Crippen molar-refractivity contribution in [1.29, 1.82) is 0 Å². The van der Waals surface area contributed by atoms with Crippen molar-refractivity contribution in [2.24, 2.45) is 0 Å². The SMILES string of the molecule is Cc1nn(-c2ccccc2)cc1CCCNC(=O)COc1ccc(I)cc1. The van der Waals surface area contributed by atoms with Gasteiger partial charge in [-0.15, -0.1) is 0 Å². The number of nitrogens with one attached hydrogen (secondary N) is 1. The number of benzene rings is 2. The zero-order valence-electron chi connectivity index (χ0n) is 15.2. The third-order valence-corrected chi connectivity index (χ3v) is 4.87. The van der Waals surface area contributed by atoms with Crippen LogP contribution in [0, 0.1) is 10.5 Å². The molecule has 0 aliphatic carbocycles. The number of halogens is 1. The fourth-order valence-corrected chi connectivity index (χ4v) is 3.05. The number of para-hydroxylation sites is 1. The lowest BCUT2D eigenvalue weighted by Crippen LogP contribution is -2.29. The van der Waals surface area contributed by atoms with Gasteiger partial charge in [-0.05, 0) is 84.3 Å². The maximum Gasteiger partial charge on any atom is 0.257 e. The van der Waals surface area contributed by atoms with Gasteiger partial charge in [-0.3, -0.25) is 4.79 Å². The molecule has 0 radical (unpaired) electrons. The van der Waals surface area contributed by atoms with Gasteiger partial charge in [-0.2, -0.15) is 5.10 Å². The van der Waals surface area contributed by atoms with E-state index in [-0.39, 0.29) is 12.5 Å². The van der Waals surface area contributed by atoms with Gasteiger partial charge in [0.25, 0.3) is 5.91 Å². The highest BCUT2D eigenvalue weighted by Crippen LogP contribution is 2.14. The first kappa shape index (κ1) is 19.4. The highest BCUT2D eigenvalue weighted by molar-refractivity contribution is 14.1. The predicted octanol–water partition coefficient (Wildman–Crippen LogP) is 3.91. The van der Waals surface area contributed by atoms with Crippen molar-refractivity contribution in [3.63, 3.8) is 0 Å². The van der Waals surface area contributed by atoms with E-state index in [4.69, 9.17) is 4.74 Å². The molecule has 0 aliphatic heterocycles. The van der Waals surface area contributed by atoms with E-state index in [9.17, 15) is 4.79 Å². The summed E-state index contributed by atoms with van der Waals surface area (Å²) in [6.45, 7) is 2.67. The number of carbonyl (C=O) groups excluding carboxylic acids is 1. The zero-order valence-corrected chi connectivity index (χ0v) is 17.3. The molecule has 27 heavy (non-hydrogen) atoms. The first-order chi connectivity index (χ1) is 13.1. The number of hydrogen-bond acceptors (Lipinski definition) is 3.